The summed E-state index contributed by atoms with van der Waals surface area (Å²) in [6, 6.07) is 5.98. The Balaban J connectivity index is 2.07. The molecule has 2 aromatic rings. The molecule has 108 valence electrons. The van der Waals surface area contributed by atoms with Gasteiger partial charge in [0.15, 0.2) is 16.0 Å². The second-order valence-corrected chi connectivity index (χ2v) is 6.23. The topological polar surface area (TPSA) is 57.4 Å². The first-order valence-corrected chi connectivity index (χ1v) is 7.43. The van der Waals surface area contributed by atoms with E-state index in [1.54, 1.807) is 13.3 Å². The van der Waals surface area contributed by atoms with Gasteiger partial charge in [-0.1, -0.05) is 17.7 Å². The lowest BCUT2D eigenvalue weighted by Gasteiger charge is -2.12. The van der Waals surface area contributed by atoms with E-state index in [1.165, 1.54) is 11.3 Å². The average molecular weight is 313 g/mol. The fourth-order valence-corrected chi connectivity index (χ4v) is 2.72. The van der Waals surface area contributed by atoms with Gasteiger partial charge < -0.3 is 15.2 Å². The Labute approximate surface area is 127 Å². The van der Waals surface area contributed by atoms with Gasteiger partial charge in [-0.3, -0.25) is 0 Å². The molecule has 0 bridgehead atoms. The molecule has 0 radical (unpaired) electrons. The van der Waals surface area contributed by atoms with Crippen molar-refractivity contribution >= 4 is 22.9 Å². The summed E-state index contributed by atoms with van der Waals surface area (Å²) in [5, 5.41) is 0. The van der Waals surface area contributed by atoms with Crippen molar-refractivity contribution in [1.29, 1.82) is 0 Å². The zero-order valence-electron chi connectivity index (χ0n) is 11.4. The first kappa shape index (κ1) is 15.1. The molecular formula is C14H17ClN2O2S. The van der Waals surface area contributed by atoms with E-state index in [2.05, 4.69) is 4.98 Å². The lowest BCUT2D eigenvalue weighted by Crippen LogP contribution is -2.17. The zero-order valence-corrected chi connectivity index (χ0v) is 13.0. The van der Waals surface area contributed by atoms with Crippen LogP contribution in [0.3, 0.4) is 0 Å². The van der Waals surface area contributed by atoms with Crippen LogP contribution >= 0.6 is 22.9 Å². The zero-order chi connectivity index (χ0) is 14.5. The number of halogens is 1. The van der Waals surface area contributed by atoms with Crippen LogP contribution < -0.4 is 15.2 Å². The van der Waals surface area contributed by atoms with E-state index in [0.717, 1.165) is 16.9 Å². The maximum absolute atomic E-state index is 5.80. The SMILES string of the molecule is COc1cc(CC(C)N)ccc1OCc1cnc(Cl)s1. The van der Waals surface area contributed by atoms with Gasteiger partial charge in [-0.15, -0.1) is 11.3 Å². The maximum Gasteiger partial charge on any atom is 0.183 e. The van der Waals surface area contributed by atoms with Gasteiger partial charge in [0, 0.05) is 12.2 Å². The highest BCUT2D eigenvalue weighted by molar-refractivity contribution is 7.15. The van der Waals surface area contributed by atoms with Gasteiger partial charge in [0.25, 0.3) is 0 Å². The van der Waals surface area contributed by atoms with E-state index in [9.17, 15) is 0 Å². The minimum Gasteiger partial charge on any atom is -0.493 e. The first-order valence-electron chi connectivity index (χ1n) is 6.24. The lowest BCUT2D eigenvalue weighted by molar-refractivity contribution is 0.287. The van der Waals surface area contributed by atoms with Crippen molar-refractivity contribution in [2.24, 2.45) is 5.73 Å². The monoisotopic (exact) mass is 312 g/mol. The van der Waals surface area contributed by atoms with Crippen LogP contribution in [0.1, 0.15) is 17.4 Å². The molecule has 2 N–H and O–H groups in total. The molecule has 1 heterocycles. The van der Waals surface area contributed by atoms with Crippen molar-refractivity contribution in [3.8, 4) is 11.5 Å². The lowest BCUT2D eigenvalue weighted by atomic mass is 10.1. The number of nitrogens with two attached hydrogens (primary N) is 1. The van der Waals surface area contributed by atoms with E-state index in [4.69, 9.17) is 26.8 Å². The standard InChI is InChI=1S/C14H17ClN2O2S/c1-9(16)5-10-3-4-12(13(6-10)18-2)19-8-11-7-17-14(15)20-11/h3-4,6-7,9H,5,8,16H2,1-2H3. The highest BCUT2D eigenvalue weighted by Crippen LogP contribution is 2.30. The van der Waals surface area contributed by atoms with Gasteiger partial charge in [-0.05, 0) is 31.0 Å². The Morgan fingerprint density at radius 3 is 2.80 bits per heavy atom. The molecule has 0 aliphatic carbocycles. The van der Waals surface area contributed by atoms with Crippen molar-refractivity contribution < 1.29 is 9.47 Å². The number of hydrogen-bond donors (Lipinski definition) is 1. The molecule has 20 heavy (non-hydrogen) atoms. The summed E-state index contributed by atoms with van der Waals surface area (Å²) in [4.78, 5) is 4.95. The Bertz CT molecular complexity index is 572. The summed E-state index contributed by atoms with van der Waals surface area (Å²) in [5.41, 5.74) is 6.93. The molecule has 4 nitrogen and oxygen atoms in total. The van der Waals surface area contributed by atoms with E-state index in [0.29, 0.717) is 22.6 Å². The number of rotatable bonds is 6. The summed E-state index contributed by atoms with van der Waals surface area (Å²) in [6.07, 6.45) is 2.52. The fourth-order valence-electron chi connectivity index (χ4n) is 1.83. The van der Waals surface area contributed by atoms with E-state index in [1.807, 2.05) is 25.1 Å². The highest BCUT2D eigenvalue weighted by Gasteiger charge is 2.08. The molecule has 2 rings (SSSR count). The molecule has 1 unspecified atom stereocenters. The second-order valence-electron chi connectivity index (χ2n) is 4.53. The van der Waals surface area contributed by atoms with Crippen LogP contribution in [0.25, 0.3) is 0 Å². The number of nitrogens with zero attached hydrogens (tertiary/aromatic N) is 1. The first-order chi connectivity index (χ1) is 9.58. The third-order valence-corrected chi connectivity index (χ3v) is 3.77. The van der Waals surface area contributed by atoms with Crippen LogP contribution in [0.5, 0.6) is 11.5 Å². The van der Waals surface area contributed by atoms with Gasteiger partial charge in [0.1, 0.15) is 6.61 Å². The molecule has 0 aliphatic heterocycles. The Kier molecular flexibility index (Phi) is 5.23. The van der Waals surface area contributed by atoms with Gasteiger partial charge in [0.05, 0.1) is 12.0 Å². The van der Waals surface area contributed by atoms with Crippen LogP contribution in [-0.4, -0.2) is 18.1 Å². The van der Waals surface area contributed by atoms with Gasteiger partial charge in [0.2, 0.25) is 0 Å². The van der Waals surface area contributed by atoms with Crippen LogP contribution in [-0.2, 0) is 13.0 Å². The second kappa shape index (κ2) is 6.92. The molecule has 0 saturated heterocycles. The predicted octanol–water partition coefficient (Wildman–Crippen LogP) is 3.27. The molecule has 0 saturated carbocycles. The van der Waals surface area contributed by atoms with Crippen molar-refractivity contribution in [1.82, 2.24) is 4.98 Å². The molecule has 1 atom stereocenters. The highest BCUT2D eigenvalue weighted by atomic mass is 35.5. The molecule has 0 amide bonds. The third-order valence-electron chi connectivity index (χ3n) is 2.68. The minimum absolute atomic E-state index is 0.116. The van der Waals surface area contributed by atoms with Crippen molar-refractivity contribution in [2.75, 3.05) is 7.11 Å². The van der Waals surface area contributed by atoms with Gasteiger partial charge >= 0.3 is 0 Å². The number of methoxy groups -OCH3 is 1. The molecule has 1 aromatic carbocycles. The van der Waals surface area contributed by atoms with Crippen LogP contribution in [0, 0.1) is 0 Å². The summed E-state index contributed by atoms with van der Waals surface area (Å²) in [6.45, 7) is 2.40. The molecule has 0 aliphatic rings. The van der Waals surface area contributed by atoms with Crippen molar-refractivity contribution in [3.63, 3.8) is 0 Å². The molecule has 0 fully saturated rings. The van der Waals surface area contributed by atoms with E-state index in [-0.39, 0.29) is 6.04 Å². The average Bonchev–Trinajstić information content (AvgIpc) is 2.82. The molecular weight excluding hydrogens is 296 g/mol. The Morgan fingerprint density at radius 1 is 1.40 bits per heavy atom. The Morgan fingerprint density at radius 2 is 2.20 bits per heavy atom. The number of benzene rings is 1. The van der Waals surface area contributed by atoms with Crippen molar-refractivity contribution in [2.45, 2.75) is 26.0 Å². The van der Waals surface area contributed by atoms with Crippen molar-refractivity contribution in [3.05, 3.63) is 39.3 Å². The predicted molar refractivity (Wildman–Crippen MR) is 81.8 cm³/mol. The Hall–Kier alpha value is -1.30. The van der Waals surface area contributed by atoms with Crippen LogP contribution in [0.4, 0.5) is 0 Å². The largest absolute Gasteiger partial charge is 0.493 e. The van der Waals surface area contributed by atoms with Gasteiger partial charge in [-0.25, -0.2) is 4.98 Å². The number of ether oxygens (including phenoxy) is 2. The number of aromatic nitrogens is 1. The summed E-state index contributed by atoms with van der Waals surface area (Å²) < 4.78 is 11.6. The fraction of sp³-hybridized carbons (Fsp3) is 0.357. The molecule has 1 aromatic heterocycles. The summed E-state index contributed by atoms with van der Waals surface area (Å²) in [5.74, 6) is 1.41. The van der Waals surface area contributed by atoms with Gasteiger partial charge in [-0.2, -0.15) is 0 Å². The number of hydrogen-bond acceptors (Lipinski definition) is 5. The number of thiazole rings is 1. The van der Waals surface area contributed by atoms with Crippen LogP contribution in [0.15, 0.2) is 24.4 Å². The van der Waals surface area contributed by atoms with Crippen LogP contribution in [0.2, 0.25) is 4.47 Å². The maximum atomic E-state index is 5.80. The summed E-state index contributed by atoms with van der Waals surface area (Å²) in [7, 11) is 1.63. The molecule has 0 spiro atoms. The van der Waals surface area contributed by atoms with E-state index >= 15 is 0 Å². The minimum atomic E-state index is 0.116. The van der Waals surface area contributed by atoms with E-state index < -0.39 is 0 Å². The molecule has 6 heteroatoms. The normalized spacial score (nSPS) is 12.2. The quantitative estimate of drug-likeness (QED) is 0.889. The third kappa shape index (κ3) is 4.10. The smallest absolute Gasteiger partial charge is 0.183 e. The summed E-state index contributed by atoms with van der Waals surface area (Å²) >= 11 is 7.19.